The van der Waals surface area contributed by atoms with Crippen LogP contribution in [0.5, 0.6) is 5.75 Å². The van der Waals surface area contributed by atoms with Crippen molar-refractivity contribution >= 4 is 29.1 Å². The first-order valence-corrected chi connectivity index (χ1v) is 9.24. The standard InChI is InChI=1S/C18H26Cl2N2O2/c1-11(2)7-16(21)18(24)22-5-3-12(4-6-22)8-13-9-14(19)15(20)10-17(13)23/h9-12,16,23H,3-8,21H2,1-2H3. The van der Waals surface area contributed by atoms with Gasteiger partial charge in [-0.25, -0.2) is 0 Å². The Balaban J connectivity index is 1.89. The van der Waals surface area contributed by atoms with Crippen molar-refractivity contribution in [2.24, 2.45) is 17.6 Å². The van der Waals surface area contributed by atoms with E-state index in [0.717, 1.165) is 44.3 Å². The summed E-state index contributed by atoms with van der Waals surface area (Å²) in [5.74, 6) is 1.07. The molecule has 1 atom stereocenters. The van der Waals surface area contributed by atoms with Gasteiger partial charge in [-0.05, 0) is 49.1 Å². The first-order valence-electron chi connectivity index (χ1n) is 8.49. The van der Waals surface area contributed by atoms with Crippen molar-refractivity contribution in [1.82, 2.24) is 4.90 Å². The molecule has 6 heteroatoms. The number of phenolic OH excluding ortho intramolecular Hbond substituents is 1. The van der Waals surface area contributed by atoms with Crippen LogP contribution in [0, 0.1) is 11.8 Å². The summed E-state index contributed by atoms with van der Waals surface area (Å²) in [4.78, 5) is 14.2. The third-order valence-corrected chi connectivity index (χ3v) is 5.32. The van der Waals surface area contributed by atoms with E-state index in [2.05, 4.69) is 13.8 Å². The molecule has 1 heterocycles. The number of carbonyl (C=O) groups excluding carboxylic acids is 1. The quantitative estimate of drug-likeness (QED) is 0.824. The number of aromatic hydroxyl groups is 1. The van der Waals surface area contributed by atoms with Crippen LogP contribution in [-0.2, 0) is 11.2 Å². The molecule has 1 aromatic rings. The van der Waals surface area contributed by atoms with Gasteiger partial charge in [-0.1, -0.05) is 37.0 Å². The summed E-state index contributed by atoms with van der Waals surface area (Å²) in [6, 6.07) is 2.82. The number of amides is 1. The van der Waals surface area contributed by atoms with Gasteiger partial charge in [0, 0.05) is 19.2 Å². The molecule has 1 unspecified atom stereocenters. The molecule has 1 aliphatic rings. The van der Waals surface area contributed by atoms with E-state index in [0.29, 0.717) is 21.9 Å². The summed E-state index contributed by atoms with van der Waals surface area (Å²) < 4.78 is 0. The number of piperidine rings is 1. The predicted octanol–water partition coefficient (Wildman–Crippen LogP) is 3.85. The monoisotopic (exact) mass is 372 g/mol. The average Bonchev–Trinajstić information content (AvgIpc) is 2.52. The lowest BCUT2D eigenvalue weighted by Crippen LogP contribution is -2.47. The number of nitrogens with zero attached hydrogens (tertiary/aromatic N) is 1. The van der Waals surface area contributed by atoms with Crippen LogP contribution in [0.25, 0.3) is 0 Å². The molecule has 1 aliphatic heterocycles. The van der Waals surface area contributed by atoms with Gasteiger partial charge < -0.3 is 15.7 Å². The van der Waals surface area contributed by atoms with Crippen LogP contribution in [0.1, 0.15) is 38.7 Å². The van der Waals surface area contributed by atoms with Crippen molar-refractivity contribution in [3.05, 3.63) is 27.7 Å². The van der Waals surface area contributed by atoms with Crippen LogP contribution >= 0.6 is 23.2 Å². The molecule has 1 fully saturated rings. The maximum Gasteiger partial charge on any atom is 0.239 e. The number of benzene rings is 1. The second-order valence-corrected chi connectivity index (χ2v) is 7.92. The van der Waals surface area contributed by atoms with Gasteiger partial charge in [-0.15, -0.1) is 0 Å². The van der Waals surface area contributed by atoms with Gasteiger partial charge in [0.05, 0.1) is 16.1 Å². The van der Waals surface area contributed by atoms with E-state index in [-0.39, 0.29) is 11.7 Å². The summed E-state index contributed by atoms with van der Waals surface area (Å²) in [7, 11) is 0. The van der Waals surface area contributed by atoms with Crippen molar-refractivity contribution in [2.45, 2.75) is 45.6 Å². The third kappa shape index (κ3) is 5.01. The van der Waals surface area contributed by atoms with Crippen molar-refractivity contribution in [3.8, 4) is 5.75 Å². The Morgan fingerprint density at radius 3 is 2.46 bits per heavy atom. The lowest BCUT2D eigenvalue weighted by atomic mass is 9.89. The molecule has 1 amide bonds. The maximum atomic E-state index is 12.4. The molecule has 24 heavy (non-hydrogen) atoms. The lowest BCUT2D eigenvalue weighted by molar-refractivity contribution is -0.134. The van der Waals surface area contributed by atoms with E-state index in [9.17, 15) is 9.90 Å². The normalized spacial score (nSPS) is 17.3. The number of carbonyl (C=O) groups is 1. The van der Waals surface area contributed by atoms with E-state index < -0.39 is 6.04 Å². The molecule has 0 spiro atoms. The van der Waals surface area contributed by atoms with Crippen LogP contribution < -0.4 is 5.73 Å². The van der Waals surface area contributed by atoms with E-state index in [1.54, 1.807) is 6.07 Å². The number of rotatable bonds is 5. The number of halogens is 2. The minimum absolute atomic E-state index is 0.0551. The van der Waals surface area contributed by atoms with Crippen molar-refractivity contribution in [1.29, 1.82) is 0 Å². The number of hydrogen-bond donors (Lipinski definition) is 2. The molecule has 4 nitrogen and oxygen atoms in total. The summed E-state index contributed by atoms with van der Waals surface area (Å²) >= 11 is 11.9. The van der Waals surface area contributed by atoms with E-state index in [4.69, 9.17) is 28.9 Å². The molecule has 2 rings (SSSR count). The minimum atomic E-state index is -0.402. The van der Waals surface area contributed by atoms with Crippen LogP contribution in [0.4, 0.5) is 0 Å². The van der Waals surface area contributed by atoms with Crippen LogP contribution in [-0.4, -0.2) is 35.0 Å². The van der Waals surface area contributed by atoms with Gasteiger partial charge in [0.2, 0.25) is 5.91 Å². The first kappa shape index (κ1) is 19.4. The maximum absolute atomic E-state index is 12.4. The molecular formula is C18H26Cl2N2O2. The van der Waals surface area contributed by atoms with E-state index in [1.807, 2.05) is 4.90 Å². The molecule has 0 bridgehead atoms. The Morgan fingerprint density at radius 2 is 1.88 bits per heavy atom. The summed E-state index contributed by atoms with van der Waals surface area (Å²) in [5, 5.41) is 10.8. The number of phenols is 1. The second-order valence-electron chi connectivity index (χ2n) is 7.10. The zero-order valence-electron chi connectivity index (χ0n) is 14.3. The molecular weight excluding hydrogens is 347 g/mol. The van der Waals surface area contributed by atoms with Gasteiger partial charge in [-0.2, -0.15) is 0 Å². The number of hydrogen-bond acceptors (Lipinski definition) is 3. The highest BCUT2D eigenvalue weighted by molar-refractivity contribution is 6.42. The highest BCUT2D eigenvalue weighted by Gasteiger charge is 2.27. The van der Waals surface area contributed by atoms with E-state index >= 15 is 0 Å². The first-order chi connectivity index (χ1) is 11.3. The van der Waals surface area contributed by atoms with Gasteiger partial charge in [-0.3, -0.25) is 4.79 Å². The summed E-state index contributed by atoms with van der Waals surface area (Å²) in [6.07, 6.45) is 3.26. The van der Waals surface area contributed by atoms with Gasteiger partial charge in [0.15, 0.2) is 0 Å². The Bertz CT molecular complexity index is 585. The van der Waals surface area contributed by atoms with Gasteiger partial charge in [0.25, 0.3) is 0 Å². The van der Waals surface area contributed by atoms with Crippen LogP contribution in [0.2, 0.25) is 10.0 Å². The van der Waals surface area contributed by atoms with Gasteiger partial charge in [0.1, 0.15) is 5.75 Å². The molecule has 134 valence electrons. The van der Waals surface area contributed by atoms with Crippen LogP contribution in [0.15, 0.2) is 12.1 Å². The third-order valence-electron chi connectivity index (χ3n) is 4.60. The molecule has 1 saturated heterocycles. The highest BCUT2D eigenvalue weighted by Crippen LogP contribution is 2.33. The Labute approximate surface area is 153 Å². The molecule has 0 aromatic heterocycles. The smallest absolute Gasteiger partial charge is 0.239 e. The zero-order valence-corrected chi connectivity index (χ0v) is 15.8. The average molecular weight is 373 g/mol. The van der Waals surface area contributed by atoms with Gasteiger partial charge >= 0.3 is 0 Å². The Morgan fingerprint density at radius 1 is 1.29 bits per heavy atom. The lowest BCUT2D eigenvalue weighted by Gasteiger charge is -2.34. The fourth-order valence-electron chi connectivity index (χ4n) is 3.25. The molecule has 0 saturated carbocycles. The zero-order chi connectivity index (χ0) is 17.9. The fourth-order valence-corrected chi connectivity index (χ4v) is 3.60. The molecule has 0 radical (unpaired) electrons. The van der Waals surface area contributed by atoms with E-state index in [1.165, 1.54) is 6.07 Å². The molecule has 0 aliphatic carbocycles. The SMILES string of the molecule is CC(C)CC(N)C(=O)N1CCC(Cc2cc(Cl)c(Cl)cc2O)CC1. The Hall–Kier alpha value is -0.970. The Kier molecular flexibility index (Phi) is 6.79. The number of nitrogens with two attached hydrogens (primary N) is 1. The van der Waals surface area contributed by atoms with Crippen LogP contribution in [0.3, 0.4) is 0 Å². The minimum Gasteiger partial charge on any atom is -0.508 e. The predicted molar refractivity (Wildman–Crippen MR) is 98.6 cm³/mol. The second kappa shape index (κ2) is 8.41. The van der Waals surface area contributed by atoms with Crippen molar-refractivity contribution < 1.29 is 9.90 Å². The fraction of sp³-hybridized carbons (Fsp3) is 0.611. The van der Waals surface area contributed by atoms with Crippen molar-refractivity contribution in [2.75, 3.05) is 13.1 Å². The van der Waals surface area contributed by atoms with Crippen molar-refractivity contribution in [3.63, 3.8) is 0 Å². The summed E-state index contributed by atoms with van der Waals surface area (Å²) in [5.41, 5.74) is 6.82. The highest BCUT2D eigenvalue weighted by atomic mass is 35.5. The summed E-state index contributed by atoms with van der Waals surface area (Å²) in [6.45, 7) is 5.58. The molecule has 1 aromatic carbocycles. The largest absolute Gasteiger partial charge is 0.508 e. The molecule has 3 N–H and O–H groups in total. The number of likely N-dealkylation sites (tertiary alicyclic amines) is 1. The topological polar surface area (TPSA) is 66.6 Å².